The Kier molecular flexibility index (Phi) is 8.89. The number of benzene rings is 2. The number of carbonyl (C=O) groups is 1. The van der Waals surface area contributed by atoms with Crippen LogP contribution in [0.25, 0.3) is 10.9 Å². The smallest absolute Gasteiger partial charge is 0.406 e. The number of fused-ring (bicyclic) bond motifs is 1. The molecule has 45 heavy (non-hydrogen) atoms. The number of alkyl halides is 3. The second-order valence-corrected chi connectivity index (χ2v) is 12.4. The first-order valence-corrected chi connectivity index (χ1v) is 15.6. The van der Waals surface area contributed by atoms with Crippen LogP contribution in [0.2, 0.25) is 0 Å². The van der Waals surface area contributed by atoms with Crippen LogP contribution in [0.1, 0.15) is 48.7 Å². The summed E-state index contributed by atoms with van der Waals surface area (Å²) in [5.74, 6) is 6.20. The van der Waals surface area contributed by atoms with Gasteiger partial charge in [0.15, 0.2) is 0 Å². The zero-order valence-electron chi connectivity index (χ0n) is 25.7. The minimum Gasteiger partial charge on any atom is -0.495 e. The number of aromatic nitrogens is 1. The second-order valence-electron chi connectivity index (χ2n) is 12.4. The van der Waals surface area contributed by atoms with E-state index in [-0.39, 0.29) is 18.5 Å². The molecular formula is C34H40F3N5O3. The van der Waals surface area contributed by atoms with Gasteiger partial charge in [0.05, 0.1) is 43.8 Å². The first kappa shape index (κ1) is 31.1. The minimum atomic E-state index is -4.40. The van der Waals surface area contributed by atoms with Crippen molar-refractivity contribution in [1.82, 2.24) is 14.8 Å². The van der Waals surface area contributed by atoms with E-state index in [0.717, 1.165) is 63.1 Å². The van der Waals surface area contributed by atoms with Gasteiger partial charge < -0.3 is 30.0 Å². The average Bonchev–Trinajstić information content (AvgIpc) is 3.31. The predicted octanol–water partition coefficient (Wildman–Crippen LogP) is 5.48. The SMILES string of the molecule is CCNC(=O)c1ccc(NCC#Cc2cc3c(N[C@H]4CC[C@@H](N5CC6(COC6)C5)CC4)cccc3n2CC(F)(F)F)c(OC)c1. The lowest BCUT2D eigenvalue weighted by atomic mass is 9.75. The molecule has 0 unspecified atom stereocenters. The third kappa shape index (κ3) is 6.87. The van der Waals surface area contributed by atoms with Crippen molar-refractivity contribution in [3.05, 3.63) is 53.7 Å². The maximum Gasteiger partial charge on any atom is 0.406 e. The molecule has 1 amide bonds. The fraction of sp³-hybridized carbons (Fsp3) is 0.500. The van der Waals surface area contributed by atoms with Gasteiger partial charge in [-0.3, -0.25) is 9.69 Å². The normalized spacial score (nSPS) is 20.9. The van der Waals surface area contributed by atoms with Crippen LogP contribution >= 0.6 is 0 Å². The Labute approximate surface area is 261 Å². The first-order valence-electron chi connectivity index (χ1n) is 15.6. The molecule has 2 aliphatic heterocycles. The van der Waals surface area contributed by atoms with Gasteiger partial charge in [-0.15, -0.1) is 0 Å². The second kappa shape index (κ2) is 12.9. The summed E-state index contributed by atoms with van der Waals surface area (Å²) in [7, 11) is 1.51. The van der Waals surface area contributed by atoms with E-state index in [9.17, 15) is 18.0 Å². The van der Waals surface area contributed by atoms with Crippen molar-refractivity contribution >= 4 is 28.2 Å². The molecule has 3 N–H and O–H groups in total. The summed E-state index contributed by atoms with van der Waals surface area (Å²) in [6, 6.07) is 13.1. The van der Waals surface area contributed by atoms with E-state index >= 15 is 0 Å². The van der Waals surface area contributed by atoms with Crippen molar-refractivity contribution in [1.29, 1.82) is 0 Å². The van der Waals surface area contributed by atoms with Gasteiger partial charge in [-0.2, -0.15) is 13.2 Å². The summed E-state index contributed by atoms with van der Waals surface area (Å²) in [6.45, 7) is 5.46. The Hall–Kier alpha value is -3.88. The number of ether oxygens (including phenoxy) is 2. The van der Waals surface area contributed by atoms with Crippen LogP contribution in [-0.2, 0) is 11.3 Å². The van der Waals surface area contributed by atoms with Crippen LogP contribution in [0.3, 0.4) is 0 Å². The minimum absolute atomic E-state index is 0.171. The van der Waals surface area contributed by atoms with Crippen molar-refractivity contribution in [3.63, 3.8) is 0 Å². The molecule has 8 nitrogen and oxygen atoms in total. The summed E-state index contributed by atoms with van der Waals surface area (Å²) < 4.78 is 53.2. The number of likely N-dealkylation sites (tertiary alicyclic amines) is 1. The number of hydrogen-bond acceptors (Lipinski definition) is 6. The summed E-state index contributed by atoms with van der Waals surface area (Å²) >= 11 is 0. The van der Waals surface area contributed by atoms with E-state index in [2.05, 4.69) is 32.7 Å². The van der Waals surface area contributed by atoms with Crippen LogP contribution < -0.4 is 20.7 Å². The van der Waals surface area contributed by atoms with Crippen LogP contribution in [0.15, 0.2) is 42.5 Å². The number of hydrogen-bond donors (Lipinski definition) is 3. The molecule has 1 aliphatic carbocycles. The molecular weight excluding hydrogens is 583 g/mol. The summed E-state index contributed by atoms with van der Waals surface area (Å²) in [6.07, 6.45) is -0.124. The number of rotatable bonds is 9. The van der Waals surface area contributed by atoms with E-state index < -0.39 is 12.7 Å². The molecule has 2 aromatic carbocycles. The molecule has 0 radical (unpaired) electrons. The van der Waals surface area contributed by atoms with Crippen LogP contribution in [-0.4, -0.2) is 80.1 Å². The third-order valence-corrected chi connectivity index (χ3v) is 9.13. The van der Waals surface area contributed by atoms with Crippen LogP contribution in [0.4, 0.5) is 24.5 Å². The first-order chi connectivity index (χ1) is 21.7. The van der Waals surface area contributed by atoms with Crippen LogP contribution in [0.5, 0.6) is 5.75 Å². The van der Waals surface area contributed by atoms with Crippen LogP contribution in [0, 0.1) is 17.3 Å². The Bertz CT molecular complexity index is 1590. The van der Waals surface area contributed by atoms with Crippen molar-refractivity contribution in [3.8, 4) is 17.6 Å². The van der Waals surface area contributed by atoms with Crippen molar-refractivity contribution in [2.75, 3.05) is 57.1 Å². The van der Waals surface area contributed by atoms with Crippen molar-refractivity contribution < 1.29 is 27.4 Å². The highest BCUT2D eigenvalue weighted by Crippen LogP contribution is 2.41. The number of methoxy groups -OCH3 is 1. The number of nitrogens with one attached hydrogen (secondary N) is 3. The van der Waals surface area contributed by atoms with E-state index in [1.54, 1.807) is 36.4 Å². The highest BCUT2D eigenvalue weighted by atomic mass is 19.4. The van der Waals surface area contributed by atoms with Crippen molar-refractivity contribution in [2.24, 2.45) is 5.41 Å². The standard InChI is InChI=1S/C34H40F3N5O3/c1-3-38-32(43)23-9-14-29(31(16-23)44-2)39-15-5-6-26-17-27-28(7-4-8-30(27)42(26)20-34(35,36)37)40-24-10-12-25(13-11-24)41-18-33(19-41)21-45-22-33/h4,7-9,14,16-17,24-25,39-40H,3,10-13,15,18-22H2,1-2H3,(H,38,43)/t24-,25+. The molecule has 11 heteroatoms. The van der Waals surface area contributed by atoms with Gasteiger partial charge in [0, 0.05) is 53.8 Å². The highest BCUT2D eigenvalue weighted by Gasteiger charge is 2.50. The van der Waals surface area contributed by atoms with E-state index in [1.165, 1.54) is 11.7 Å². The lowest BCUT2D eigenvalue weighted by Gasteiger charge is -2.58. The largest absolute Gasteiger partial charge is 0.495 e. The van der Waals surface area contributed by atoms with Gasteiger partial charge in [-0.05, 0) is 74.9 Å². The fourth-order valence-electron chi connectivity index (χ4n) is 6.83. The average molecular weight is 624 g/mol. The number of nitrogens with zero attached hydrogens (tertiary/aromatic N) is 2. The zero-order valence-corrected chi connectivity index (χ0v) is 25.7. The van der Waals surface area contributed by atoms with E-state index in [4.69, 9.17) is 9.47 Å². The van der Waals surface area contributed by atoms with E-state index in [1.807, 2.05) is 13.0 Å². The third-order valence-electron chi connectivity index (χ3n) is 9.13. The molecule has 3 aromatic rings. The molecule has 6 rings (SSSR count). The monoisotopic (exact) mass is 623 g/mol. The van der Waals surface area contributed by atoms with Gasteiger partial charge in [0.25, 0.3) is 5.91 Å². The fourth-order valence-corrected chi connectivity index (χ4v) is 6.83. The number of amides is 1. The quantitative estimate of drug-likeness (QED) is 0.274. The van der Waals surface area contributed by atoms with Gasteiger partial charge in [0.1, 0.15) is 12.3 Å². The predicted molar refractivity (Wildman–Crippen MR) is 169 cm³/mol. The van der Waals surface area contributed by atoms with E-state index in [0.29, 0.717) is 46.2 Å². The molecule has 1 saturated carbocycles. The Morgan fingerprint density at radius 3 is 2.53 bits per heavy atom. The van der Waals surface area contributed by atoms with Gasteiger partial charge >= 0.3 is 6.18 Å². The molecule has 3 fully saturated rings. The summed E-state index contributed by atoms with van der Waals surface area (Å²) in [5.41, 5.74) is 3.14. The lowest BCUT2D eigenvalue weighted by Crippen LogP contribution is -2.68. The molecule has 3 aliphatic rings. The molecule has 3 heterocycles. The highest BCUT2D eigenvalue weighted by molar-refractivity contribution is 5.95. The number of halogens is 3. The van der Waals surface area contributed by atoms with Crippen molar-refractivity contribution in [2.45, 2.75) is 57.4 Å². The molecule has 1 spiro atoms. The maximum absolute atomic E-state index is 13.7. The summed E-state index contributed by atoms with van der Waals surface area (Å²) in [5, 5.41) is 10.3. The Morgan fingerprint density at radius 2 is 1.87 bits per heavy atom. The molecule has 1 aromatic heterocycles. The summed E-state index contributed by atoms with van der Waals surface area (Å²) in [4.78, 5) is 14.8. The maximum atomic E-state index is 13.7. The zero-order chi connectivity index (χ0) is 31.6. The Balaban J connectivity index is 1.14. The Morgan fingerprint density at radius 1 is 1.09 bits per heavy atom. The molecule has 240 valence electrons. The number of carbonyl (C=O) groups excluding carboxylic acids is 1. The van der Waals surface area contributed by atoms with Gasteiger partial charge in [0.2, 0.25) is 0 Å². The lowest BCUT2D eigenvalue weighted by molar-refractivity contribution is -0.200. The molecule has 0 bridgehead atoms. The number of anilines is 2. The topological polar surface area (TPSA) is 79.8 Å². The van der Waals surface area contributed by atoms with Gasteiger partial charge in [-0.25, -0.2) is 0 Å². The van der Waals surface area contributed by atoms with Gasteiger partial charge in [-0.1, -0.05) is 12.0 Å². The molecule has 0 atom stereocenters. The molecule has 2 saturated heterocycles.